The zero-order valence-electron chi connectivity index (χ0n) is 11.3. The van der Waals surface area contributed by atoms with Gasteiger partial charge in [-0.1, -0.05) is 24.3 Å². The number of halogens is 1. The second-order valence-corrected chi connectivity index (χ2v) is 4.93. The van der Waals surface area contributed by atoms with Crippen LogP contribution in [0, 0.1) is 5.82 Å². The molecule has 2 rings (SSSR count). The molecular weight excluding hydrogens is 239 g/mol. The minimum atomic E-state index is -0.216. The molecule has 2 aromatic rings. The lowest BCUT2D eigenvalue weighted by Gasteiger charge is -2.17. The van der Waals surface area contributed by atoms with Gasteiger partial charge in [0.25, 0.3) is 0 Å². The smallest absolute Gasteiger partial charge is 0.123 e. The summed E-state index contributed by atoms with van der Waals surface area (Å²) in [5.41, 5.74) is 9.49. The third-order valence-electron chi connectivity index (χ3n) is 3.18. The summed E-state index contributed by atoms with van der Waals surface area (Å²) in [6.07, 6.45) is 0.706. The molecule has 0 aliphatic carbocycles. The summed E-state index contributed by atoms with van der Waals surface area (Å²) < 4.78 is 12.9. The monoisotopic (exact) mass is 258 g/mol. The van der Waals surface area contributed by atoms with Crippen LogP contribution in [0.5, 0.6) is 0 Å². The van der Waals surface area contributed by atoms with E-state index in [9.17, 15) is 4.39 Å². The van der Waals surface area contributed by atoms with E-state index in [1.54, 1.807) is 12.1 Å². The Kier molecular flexibility index (Phi) is 4.17. The van der Waals surface area contributed by atoms with Gasteiger partial charge in [-0.05, 0) is 41.8 Å². The first-order chi connectivity index (χ1) is 9.06. The molecule has 0 saturated carbocycles. The molecule has 2 N–H and O–H groups in total. The van der Waals surface area contributed by atoms with Crippen molar-refractivity contribution in [3.05, 3.63) is 65.5 Å². The van der Waals surface area contributed by atoms with E-state index >= 15 is 0 Å². The number of nitrogens with zero attached hydrogens (tertiary/aromatic N) is 1. The highest BCUT2D eigenvalue weighted by atomic mass is 19.1. The molecule has 100 valence electrons. The Balaban J connectivity index is 2.13. The van der Waals surface area contributed by atoms with Gasteiger partial charge in [0.2, 0.25) is 0 Å². The number of anilines is 1. The minimum Gasteiger partial charge on any atom is -0.378 e. The van der Waals surface area contributed by atoms with Gasteiger partial charge >= 0.3 is 0 Å². The van der Waals surface area contributed by atoms with E-state index in [4.69, 9.17) is 5.73 Å². The van der Waals surface area contributed by atoms with E-state index in [2.05, 4.69) is 6.07 Å². The van der Waals surface area contributed by atoms with Gasteiger partial charge in [0.15, 0.2) is 0 Å². The summed E-state index contributed by atoms with van der Waals surface area (Å²) in [5, 5.41) is 0. The van der Waals surface area contributed by atoms with Crippen LogP contribution in [-0.4, -0.2) is 14.1 Å². The van der Waals surface area contributed by atoms with Gasteiger partial charge in [0.05, 0.1) is 0 Å². The van der Waals surface area contributed by atoms with Crippen LogP contribution in [0.4, 0.5) is 10.1 Å². The molecule has 0 bridgehead atoms. The molecule has 0 spiro atoms. The molecule has 0 aliphatic heterocycles. The second kappa shape index (κ2) is 5.85. The Bertz CT molecular complexity index is 535. The predicted molar refractivity (Wildman–Crippen MR) is 77.8 cm³/mol. The molecule has 0 aliphatic rings. The third-order valence-corrected chi connectivity index (χ3v) is 3.18. The van der Waals surface area contributed by atoms with Crippen molar-refractivity contribution in [2.45, 2.75) is 12.5 Å². The van der Waals surface area contributed by atoms with Gasteiger partial charge in [-0.25, -0.2) is 4.39 Å². The van der Waals surface area contributed by atoms with Crippen LogP contribution in [0.3, 0.4) is 0 Å². The first-order valence-electron chi connectivity index (χ1n) is 6.33. The number of hydrogen-bond acceptors (Lipinski definition) is 2. The molecule has 3 heteroatoms. The fourth-order valence-corrected chi connectivity index (χ4v) is 2.03. The maximum atomic E-state index is 12.9. The highest BCUT2D eigenvalue weighted by Gasteiger charge is 2.08. The molecule has 1 unspecified atom stereocenters. The van der Waals surface area contributed by atoms with Crippen molar-refractivity contribution in [2.75, 3.05) is 19.0 Å². The van der Waals surface area contributed by atoms with Gasteiger partial charge in [-0.3, -0.25) is 0 Å². The summed E-state index contributed by atoms with van der Waals surface area (Å²) in [7, 11) is 4.01. The standard InChI is InChI=1S/C16H19FN2/c1-19(2)15-5-3-4-13(11-15)16(18)10-12-6-8-14(17)9-7-12/h3-9,11,16H,10,18H2,1-2H3. The number of nitrogens with two attached hydrogens (primary N) is 1. The zero-order valence-corrected chi connectivity index (χ0v) is 11.3. The van der Waals surface area contributed by atoms with Gasteiger partial charge < -0.3 is 10.6 Å². The molecule has 19 heavy (non-hydrogen) atoms. The quantitative estimate of drug-likeness (QED) is 0.913. The Labute approximate surface area is 113 Å². The largest absolute Gasteiger partial charge is 0.378 e. The Morgan fingerprint density at radius 1 is 1.11 bits per heavy atom. The van der Waals surface area contributed by atoms with E-state index in [0.717, 1.165) is 16.8 Å². The molecule has 0 heterocycles. The van der Waals surface area contributed by atoms with Crippen LogP contribution in [0.1, 0.15) is 17.2 Å². The zero-order chi connectivity index (χ0) is 13.8. The van der Waals surface area contributed by atoms with Gasteiger partial charge in [-0.2, -0.15) is 0 Å². The topological polar surface area (TPSA) is 29.3 Å². The van der Waals surface area contributed by atoms with E-state index in [0.29, 0.717) is 6.42 Å². The van der Waals surface area contributed by atoms with Gasteiger partial charge in [-0.15, -0.1) is 0 Å². The lowest BCUT2D eigenvalue weighted by Crippen LogP contribution is -2.15. The maximum Gasteiger partial charge on any atom is 0.123 e. The molecular formula is C16H19FN2. The molecule has 0 radical (unpaired) electrons. The third kappa shape index (κ3) is 3.55. The fraction of sp³-hybridized carbons (Fsp3) is 0.250. The van der Waals surface area contributed by atoms with Crippen molar-refractivity contribution < 1.29 is 4.39 Å². The van der Waals surface area contributed by atoms with Crippen molar-refractivity contribution in [1.82, 2.24) is 0 Å². The van der Waals surface area contributed by atoms with Crippen LogP contribution in [-0.2, 0) is 6.42 Å². The number of benzene rings is 2. The molecule has 0 saturated heterocycles. The van der Waals surface area contributed by atoms with Crippen LogP contribution >= 0.6 is 0 Å². The first-order valence-corrected chi connectivity index (χ1v) is 6.33. The lowest BCUT2D eigenvalue weighted by atomic mass is 9.99. The van der Waals surface area contributed by atoms with Crippen LogP contribution in [0.25, 0.3) is 0 Å². The van der Waals surface area contributed by atoms with Crippen molar-refractivity contribution in [3.8, 4) is 0 Å². The summed E-state index contributed by atoms with van der Waals surface area (Å²) in [6, 6.07) is 14.6. The number of rotatable bonds is 4. The normalized spacial score (nSPS) is 12.2. The Hall–Kier alpha value is -1.87. The molecule has 2 aromatic carbocycles. The summed E-state index contributed by atoms with van der Waals surface area (Å²) in [6.45, 7) is 0. The Morgan fingerprint density at radius 2 is 1.79 bits per heavy atom. The lowest BCUT2D eigenvalue weighted by molar-refractivity contribution is 0.625. The van der Waals surface area contributed by atoms with E-state index in [1.807, 2.05) is 37.2 Å². The summed E-state index contributed by atoms with van der Waals surface area (Å²) >= 11 is 0. The van der Waals surface area contributed by atoms with E-state index in [-0.39, 0.29) is 11.9 Å². The number of hydrogen-bond donors (Lipinski definition) is 1. The minimum absolute atomic E-state index is 0.0784. The van der Waals surface area contributed by atoms with Crippen LogP contribution < -0.4 is 10.6 Å². The predicted octanol–water partition coefficient (Wildman–Crippen LogP) is 3.13. The van der Waals surface area contributed by atoms with Crippen molar-refractivity contribution in [2.24, 2.45) is 5.73 Å². The van der Waals surface area contributed by atoms with Crippen molar-refractivity contribution >= 4 is 5.69 Å². The van der Waals surface area contributed by atoms with E-state index in [1.165, 1.54) is 12.1 Å². The van der Waals surface area contributed by atoms with Crippen LogP contribution in [0.2, 0.25) is 0 Å². The SMILES string of the molecule is CN(C)c1cccc(C(N)Cc2ccc(F)cc2)c1. The molecule has 2 nitrogen and oxygen atoms in total. The molecule has 1 atom stereocenters. The van der Waals surface area contributed by atoms with Gasteiger partial charge in [0.1, 0.15) is 5.82 Å². The highest BCUT2D eigenvalue weighted by Crippen LogP contribution is 2.21. The Morgan fingerprint density at radius 3 is 2.42 bits per heavy atom. The van der Waals surface area contributed by atoms with Gasteiger partial charge in [0, 0.05) is 25.8 Å². The average molecular weight is 258 g/mol. The summed E-state index contributed by atoms with van der Waals surface area (Å²) in [4.78, 5) is 2.05. The molecule has 0 fully saturated rings. The molecule has 0 amide bonds. The summed E-state index contributed by atoms with van der Waals surface area (Å²) in [5.74, 6) is -0.216. The maximum absolute atomic E-state index is 12.9. The second-order valence-electron chi connectivity index (χ2n) is 4.93. The van der Waals surface area contributed by atoms with Crippen molar-refractivity contribution in [1.29, 1.82) is 0 Å². The molecule has 0 aromatic heterocycles. The average Bonchev–Trinajstić information content (AvgIpc) is 2.41. The fourth-order valence-electron chi connectivity index (χ4n) is 2.03. The first kappa shape index (κ1) is 13.6. The van der Waals surface area contributed by atoms with Crippen molar-refractivity contribution in [3.63, 3.8) is 0 Å². The van der Waals surface area contributed by atoms with E-state index < -0.39 is 0 Å². The highest BCUT2D eigenvalue weighted by molar-refractivity contribution is 5.48. The van der Waals surface area contributed by atoms with Crippen LogP contribution in [0.15, 0.2) is 48.5 Å².